The summed E-state index contributed by atoms with van der Waals surface area (Å²) in [7, 11) is 0. The first-order chi connectivity index (χ1) is 9.92. The molecule has 3 rings (SSSR count). The van der Waals surface area contributed by atoms with Gasteiger partial charge < -0.3 is 14.2 Å². The molecule has 0 unspecified atom stereocenters. The molecule has 20 heavy (non-hydrogen) atoms. The summed E-state index contributed by atoms with van der Waals surface area (Å²) in [6, 6.07) is 13.9. The number of benzene rings is 1. The zero-order valence-corrected chi connectivity index (χ0v) is 11.4. The van der Waals surface area contributed by atoms with Gasteiger partial charge >= 0.3 is 0 Å². The number of oxime groups is 1. The highest BCUT2D eigenvalue weighted by Crippen LogP contribution is 2.21. The summed E-state index contributed by atoms with van der Waals surface area (Å²) in [5.41, 5.74) is 1.10. The van der Waals surface area contributed by atoms with Crippen molar-refractivity contribution in [2.75, 3.05) is 18.0 Å². The van der Waals surface area contributed by atoms with Crippen LogP contribution >= 0.6 is 0 Å². The highest BCUT2D eigenvalue weighted by atomic mass is 16.6. The summed E-state index contributed by atoms with van der Waals surface area (Å²) in [5, 5.41) is 3.94. The van der Waals surface area contributed by atoms with Crippen molar-refractivity contribution < 1.29 is 9.25 Å². The zero-order chi connectivity index (χ0) is 13.6. The van der Waals surface area contributed by atoms with Gasteiger partial charge in [-0.2, -0.15) is 0 Å². The molecule has 0 bridgehead atoms. The highest BCUT2D eigenvalue weighted by molar-refractivity contribution is 5.76. The lowest BCUT2D eigenvalue weighted by Gasteiger charge is -2.12. The Hall–Kier alpha value is -2.23. The first kappa shape index (κ1) is 12.8. The fraction of sp³-hybridized carbons (Fsp3) is 0.312. The van der Waals surface area contributed by atoms with Crippen LogP contribution in [0.15, 0.2) is 52.0 Å². The van der Waals surface area contributed by atoms with Crippen molar-refractivity contribution in [1.82, 2.24) is 0 Å². The molecule has 1 aromatic heterocycles. The Balaban J connectivity index is 1.51. The van der Waals surface area contributed by atoms with Crippen molar-refractivity contribution in [2.45, 2.75) is 19.4 Å². The number of anilines is 1. The third kappa shape index (κ3) is 3.20. The van der Waals surface area contributed by atoms with Gasteiger partial charge in [0.25, 0.3) is 0 Å². The Morgan fingerprint density at radius 1 is 1.10 bits per heavy atom. The molecule has 0 amide bonds. The number of hydrogen-bond donors (Lipinski definition) is 0. The molecule has 2 heterocycles. The van der Waals surface area contributed by atoms with Gasteiger partial charge in [0.05, 0.1) is 0 Å². The molecule has 1 aliphatic rings. The molecular weight excluding hydrogens is 252 g/mol. The summed E-state index contributed by atoms with van der Waals surface area (Å²) >= 11 is 0. The third-order valence-electron chi connectivity index (χ3n) is 3.36. The van der Waals surface area contributed by atoms with E-state index in [9.17, 15) is 0 Å². The normalized spacial score (nSPS) is 15.1. The number of rotatable bonds is 5. The summed E-state index contributed by atoms with van der Waals surface area (Å²) in [6.45, 7) is 2.63. The van der Waals surface area contributed by atoms with E-state index in [1.165, 1.54) is 12.8 Å². The Morgan fingerprint density at radius 2 is 1.90 bits per heavy atom. The molecule has 1 fully saturated rings. The van der Waals surface area contributed by atoms with Gasteiger partial charge in [0, 0.05) is 19.2 Å². The minimum absolute atomic E-state index is 0.469. The van der Waals surface area contributed by atoms with Crippen molar-refractivity contribution in [3.05, 3.63) is 53.8 Å². The predicted octanol–water partition coefficient (Wildman–Crippen LogP) is 3.43. The fourth-order valence-corrected chi connectivity index (χ4v) is 2.29. The molecule has 104 valence electrons. The maximum absolute atomic E-state index is 5.72. The van der Waals surface area contributed by atoms with Crippen molar-refractivity contribution in [3.8, 4) is 0 Å². The van der Waals surface area contributed by atoms with E-state index in [4.69, 9.17) is 9.25 Å². The topological polar surface area (TPSA) is 38.0 Å². The van der Waals surface area contributed by atoms with Gasteiger partial charge in [-0.25, -0.2) is 0 Å². The van der Waals surface area contributed by atoms with Crippen LogP contribution in [-0.4, -0.2) is 19.3 Å². The van der Waals surface area contributed by atoms with Gasteiger partial charge in [-0.15, -0.1) is 0 Å². The molecule has 0 saturated carbocycles. The largest absolute Gasteiger partial charge is 0.439 e. The predicted molar refractivity (Wildman–Crippen MR) is 79.0 cm³/mol. The van der Waals surface area contributed by atoms with Crippen LogP contribution < -0.4 is 4.90 Å². The number of nitrogens with zero attached hydrogens (tertiary/aromatic N) is 2. The van der Waals surface area contributed by atoms with Crippen LogP contribution in [0.5, 0.6) is 0 Å². The number of furan rings is 1. The van der Waals surface area contributed by atoms with Gasteiger partial charge in [-0.1, -0.05) is 35.5 Å². The minimum atomic E-state index is 0.469. The molecule has 1 aromatic carbocycles. The van der Waals surface area contributed by atoms with Crippen LogP contribution in [0.4, 0.5) is 5.88 Å². The molecule has 1 aliphatic heterocycles. The van der Waals surface area contributed by atoms with E-state index >= 15 is 0 Å². The quantitative estimate of drug-likeness (QED) is 0.617. The van der Waals surface area contributed by atoms with Crippen LogP contribution in [0.25, 0.3) is 0 Å². The third-order valence-corrected chi connectivity index (χ3v) is 3.36. The molecule has 0 radical (unpaired) electrons. The minimum Gasteiger partial charge on any atom is -0.439 e. The smallest absolute Gasteiger partial charge is 0.196 e. The molecular formula is C16H18N2O2. The van der Waals surface area contributed by atoms with Crippen molar-refractivity contribution in [2.24, 2.45) is 5.16 Å². The molecule has 1 saturated heterocycles. The number of hydrogen-bond acceptors (Lipinski definition) is 4. The van der Waals surface area contributed by atoms with E-state index in [0.717, 1.165) is 30.3 Å². The fourth-order valence-electron chi connectivity index (χ4n) is 2.29. The zero-order valence-electron chi connectivity index (χ0n) is 11.4. The van der Waals surface area contributed by atoms with Gasteiger partial charge in [0.15, 0.2) is 11.6 Å². The first-order valence-electron chi connectivity index (χ1n) is 6.96. The second kappa shape index (κ2) is 6.28. The monoisotopic (exact) mass is 270 g/mol. The van der Waals surface area contributed by atoms with E-state index < -0.39 is 0 Å². The highest BCUT2D eigenvalue weighted by Gasteiger charge is 2.14. The molecule has 0 aliphatic carbocycles. The summed E-state index contributed by atoms with van der Waals surface area (Å²) in [4.78, 5) is 7.51. The maximum Gasteiger partial charge on any atom is 0.196 e. The second-order valence-corrected chi connectivity index (χ2v) is 4.86. The van der Waals surface area contributed by atoms with Crippen LogP contribution in [-0.2, 0) is 11.4 Å². The van der Waals surface area contributed by atoms with E-state index in [-0.39, 0.29) is 0 Å². The lowest BCUT2D eigenvalue weighted by Crippen LogP contribution is -2.16. The maximum atomic E-state index is 5.72. The Kier molecular flexibility index (Phi) is 4.01. The van der Waals surface area contributed by atoms with Crippen LogP contribution in [0, 0.1) is 0 Å². The molecule has 0 atom stereocenters. The van der Waals surface area contributed by atoms with Gasteiger partial charge in [-0.3, -0.25) is 0 Å². The van der Waals surface area contributed by atoms with Crippen LogP contribution in [0.3, 0.4) is 0 Å². The van der Waals surface area contributed by atoms with Crippen LogP contribution in [0.1, 0.15) is 24.2 Å². The van der Waals surface area contributed by atoms with E-state index in [1.54, 1.807) is 6.21 Å². The summed E-state index contributed by atoms with van der Waals surface area (Å²) < 4.78 is 5.72. The lowest BCUT2D eigenvalue weighted by atomic mass is 10.2. The molecule has 4 heteroatoms. The van der Waals surface area contributed by atoms with E-state index in [1.807, 2.05) is 42.5 Å². The van der Waals surface area contributed by atoms with Gasteiger partial charge in [-0.05, 0) is 24.5 Å². The Labute approximate surface area is 118 Å². The van der Waals surface area contributed by atoms with Crippen molar-refractivity contribution in [1.29, 1.82) is 0 Å². The van der Waals surface area contributed by atoms with Crippen molar-refractivity contribution >= 4 is 12.1 Å². The average molecular weight is 270 g/mol. The standard InChI is InChI=1S/C16H18N2O2/c1-2-6-14(7-3-1)13-19-17-12-15-8-9-16(20-15)18-10-4-5-11-18/h1-3,6-9,12H,4-5,10-11,13H2/b17-12+. The van der Waals surface area contributed by atoms with Gasteiger partial charge in [0.2, 0.25) is 0 Å². The Bertz CT molecular complexity index is 557. The average Bonchev–Trinajstić information content (AvgIpc) is 3.15. The molecule has 2 aromatic rings. The molecule has 0 spiro atoms. The Morgan fingerprint density at radius 3 is 2.70 bits per heavy atom. The molecule has 0 N–H and O–H groups in total. The van der Waals surface area contributed by atoms with Crippen molar-refractivity contribution in [3.63, 3.8) is 0 Å². The van der Waals surface area contributed by atoms with Gasteiger partial charge in [0.1, 0.15) is 12.8 Å². The molecule has 4 nitrogen and oxygen atoms in total. The summed E-state index contributed by atoms with van der Waals surface area (Å²) in [5.74, 6) is 1.65. The SMILES string of the molecule is C(=N\OCc1ccccc1)/c1ccc(N2CCCC2)o1. The lowest BCUT2D eigenvalue weighted by molar-refractivity contribution is 0.132. The van der Waals surface area contributed by atoms with Crippen LogP contribution in [0.2, 0.25) is 0 Å². The van der Waals surface area contributed by atoms with E-state index in [2.05, 4.69) is 10.1 Å². The second-order valence-electron chi connectivity index (χ2n) is 4.86. The summed E-state index contributed by atoms with van der Waals surface area (Å²) in [6.07, 6.45) is 4.09. The first-order valence-corrected chi connectivity index (χ1v) is 6.96. The van der Waals surface area contributed by atoms with E-state index in [0.29, 0.717) is 6.61 Å².